The van der Waals surface area contributed by atoms with Crippen molar-refractivity contribution in [1.29, 1.82) is 0 Å². The van der Waals surface area contributed by atoms with E-state index in [0.29, 0.717) is 26.1 Å². The van der Waals surface area contributed by atoms with Crippen LogP contribution in [0.2, 0.25) is 0 Å². The van der Waals surface area contributed by atoms with Gasteiger partial charge < -0.3 is 25.2 Å². The highest BCUT2D eigenvalue weighted by Gasteiger charge is 2.10. The van der Waals surface area contributed by atoms with Gasteiger partial charge in [-0.25, -0.2) is 4.58 Å². The average Bonchev–Trinajstić information content (AvgIpc) is 2.75. The van der Waals surface area contributed by atoms with Gasteiger partial charge in [-0.05, 0) is 6.42 Å². The fraction of sp³-hybridized carbons (Fsp3) is 0.846. The second-order valence-corrected chi connectivity index (χ2v) is 9.04. The standard InChI is InChI=1S/C26H47N3O3/c1-2-3-4-5-6-7-8-9-10-11-12-13-16-25(30)23-27-17-20-28-18-14-15-19-29(22-21-28)24-26(31)32/h19,25,27,30H,2-13,15-17,20-24H2,1H3. The van der Waals surface area contributed by atoms with Crippen molar-refractivity contribution in [1.82, 2.24) is 10.2 Å². The maximum absolute atomic E-state index is 10.8. The number of carboxylic acid groups (broad SMARTS) is 1. The zero-order chi connectivity index (χ0) is 23.3. The molecule has 0 aliphatic carbocycles. The average molecular weight is 450 g/mol. The molecule has 184 valence electrons. The Morgan fingerprint density at radius 2 is 1.72 bits per heavy atom. The lowest BCUT2D eigenvalue weighted by atomic mass is 10.0. The maximum atomic E-state index is 10.8. The van der Waals surface area contributed by atoms with Gasteiger partial charge in [-0.3, -0.25) is 0 Å². The van der Waals surface area contributed by atoms with E-state index in [-0.39, 0.29) is 12.6 Å². The third-order valence-electron chi connectivity index (χ3n) is 6.01. The van der Waals surface area contributed by atoms with Gasteiger partial charge >= 0.3 is 0 Å². The first-order chi connectivity index (χ1) is 15.6. The van der Waals surface area contributed by atoms with Crippen LogP contribution in [0.1, 0.15) is 96.8 Å². The molecule has 0 aromatic rings. The molecule has 1 aliphatic rings. The molecule has 0 aromatic heterocycles. The highest BCUT2D eigenvalue weighted by molar-refractivity contribution is 5.66. The molecule has 0 spiro atoms. The van der Waals surface area contributed by atoms with Crippen LogP contribution >= 0.6 is 0 Å². The van der Waals surface area contributed by atoms with Crippen LogP contribution in [0.15, 0.2) is 0 Å². The van der Waals surface area contributed by atoms with Crippen molar-refractivity contribution in [2.45, 2.75) is 103 Å². The summed E-state index contributed by atoms with van der Waals surface area (Å²) in [5.41, 5.74) is 0. The van der Waals surface area contributed by atoms with E-state index in [2.05, 4.69) is 24.2 Å². The van der Waals surface area contributed by atoms with Crippen LogP contribution in [0.3, 0.4) is 0 Å². The first-order valence-electron chi connectivity index (χ1n) is 13.0. The molecule has 2 N–H and O–H groups in total. The number of carbonyl (C=O) groups is 1. The Kier molecular flexibility index (Phi) is 17.8. The van der Waals surface area contributed by atoms with Crippen molar-refractivity contribution in [3.05, 3.63) is 0 Å². The van der Waals surface area contributed by atoms with Crippen LogP contribution in [0, 0.1) is 12.0 Å². The Hall–Kier alpha value is -1.58. The summed E-state index contributed by atoms with van der Waals surface area (Å²) in [6.07, 6.45) is 19.0. The van der Waals surface area contributed by atoms with Crippen molar-refractivity contribution < 1.29 is 19.6 Å². The fourth-order valence-corrected chi connectivity index (χ4v) is 4.01. The van der Waals surface area contributed by atoms with Crippen molar-refractivity contribution in [3.63, 3.8) is 0 Å². The molecule has 0 radical (unpaired) electrons. The molecular weight excluding hydrogens is 402 g/mol. The molecule has 0 bridgehead atoms. The van der Waals surface area contributed by atoms with Crippen molar-refractivity contribution in [2.75, 3.05) is 39.3 Å². The van der Waals surface area contributed by atoms with Crippen LogP contribution in [0.5, 0.6) is 0 Å². The minimum absolute atomic E-state index is 0.0842. The van der Waals surface area contributed by atoms with E-state index in [1.807, 2.05) is 11.1 Å². The van der Waals surface area contributed by atoms with Gasteiger partial charge in [0, 0.05) is 25.7 Å². The van der Waals surface area contributed by atoms with Gasteiger partial charge in [-0.1, -0.05) is 89.9 Å². The van der Waals surface area contributed by atoms with Gasteiger partial charge in [0.05, 0.1) is 19.1 Å². The van der Waals surface area contributed by atoms with Gasteiger partial charge in [0.2, 0.25) is 0 Å². The summed E-state index contributed by atoms with van der Waals surface area (Å²) in [5, 5.41) is 24.3. The number of rotatable bonds is 20. The molecule has 0 saturated heterocycles. The van der Waals surface area contributed by atoms with Gasteiger partial charge in [0.15, 0.2) is 19.3 Å². The smallest absolute Gasteiger partial charge is 0.182 e. The Morgan fingerprint density at radius 3 is 2.34 bits per heavy atom. The fourth-order valence-electron chi connectivity index (χ4n) is 4.01. The van der Waals surface area contributed by atoms with E-state index in [4.69, 9.17) is 0 Å². The molecule has 1 heterocycles. The van der Waals surface area contributed by atoms with Crippen molar-refractivity contribution >= 4 is 12.2 Å². The molecule has 6 nitrogen and oxygen atoms in total. The van der Waals surface area contributed by atoms with Gasteiger partial charge in [0.25, 0.3) is 0 Å². The SMILES string of the molecule is CCCCCCCCCCCCCCC(O)CNCCN1C#CCC=[N+](CC(=O)[O-])CC1. The number of nitrogens with zero attached hydrogens (tertiary/aromatic N) is 2. The number of carboxylic acids is 1. The van der Waals surface area contributed by atoms with Crippen LogP contribution in [0.4, 0.5) is 0 Å². The summed E-state index contributed by atoms with van der Waals surface area (Å²) in [4.78, 5) is 12.8. The maximum Gasteiger partial charge on any atom is 0.182 e. The Balaban J connectivity index is 1.93. The molecule has 0 amide bonds. The number of aliphatic carboxylic acids is 1. The molecule has 1 rings (SSSR count). The zero-order valence-electron chi connectivity index (χ0n) is 20.5. The van der Waals surface area contributed by atoms with Crippen molar-refractivity contribution in [3.8, 4) is 12.0 Å². The number of hydrogen-bond donors (Lipinski definition) is 2. The normalized spacial score (nSPS) is 14.8. The number of aliphatic hydroxyl groups excluding tert-OH is 1. The summed E-state index contributed by atoms with van der Waals surface area (Å²) < 4.78 is 1.75. The molecule has 1 atom stereocenters. The summed E-state index contributed by atoms with van der Waals surface area (Å²) in [6, 6.07) is 3.12. The lowest BCUT2D eigenvalue weighted by Crippen LogP contribution is -2.39. The number of carbonyl (C=O) groups excluding carboxylic acids is 1. The topological polar surface area (TPSA) is 78.6 Å². The molecule has 1 aliphatic heterocycles. The number of hydrogen-bond acceptors (Lipinski definition) is 5. The quantitative estimate of drug-likeness (QED) is 0.170. The highest BCUT2D eigenvalue weighted by atomic mass is 16.4. The third-order valence-corrected chi connectivity index (χ3v) is 6.01. The molecule has 1 unspecified atom stereocenters. The van der Waals surface area contributed by atoms with Gasteiger partial charge in [0.1, 0.15) is 5.97 Å². The van der Waals surface area contributed by atoms with E-state index in [1.54, 1.807) is 4.58 Å². The zero-order valence-corrected chi connectivity index (χ0v) is 20.5. The highest BCUT2D eigenvalue weighted by Crippen LogP contribution is 2.12. The summed E-state index contributed by atoms with van der Waals surface area (Å²) in [5.74, 6) is 1.98. The summed E-state index contributed by atoms with van der Waals surface area (Å²) in [6.45, 7) is 5.64. The van der Waals surface area contributed by atoms with Gasteiger partial charge in [-0.15, -0.1) is 0 Å². The van der Waals surface area contributed by atoms with E-state index >= 15 is 0 Å². The summed E-state index contributed by atoms with van der Waals surface area (Å²) in [7, 11) is 0. The molecule has 6 heteroatoms. The number of aliphatic hydroxyl groups is 1. The van der Waals surface area contributed by atoms with Crippen LogP contribution in [0.25, 0.3) is 0 Å². The number of nitrogens with one attached hydrogen (secondary N) is 1. The summed E-state index contributed by atoms with van der Waals surface area (Å²) >= 11 is 0. The van der Waals surface area contributed by atoms with Gasteiger partial charge in [-0.2, -0.15) is 0 Å². The Morgan fingerprint density at radius 1 is 1.09 bits per heavy atom. The van der Waals surface area contributed by atoms with Crippen molar-refractivity contribution in [2.24, 2.45) is 0 Å². The molecule has 0 saturated carbocycles. The molecular formula is C26H47N3O3. The first kappa shape index (κ1) is 28.5. The Bertz CT molecular complexity index is 568. The minimum Gasteiger partial charge on any atom is -0.544 e. The predicted molar refractivity (Wildman–Crippen MR) is 130 cm³/mol. The largest absolute Gasteiger partial charge is 0.544 e. The van der Waals surface area contributed by atoms with E-state index in [9.17, 15) is 15.0 Å². The van der Waals surface area contributed by atoms with Crippen LogP contribution < -0.4 is 10.4 Å². The molecule has 0 aromatic carbocycles. The van der Waals surface area contributed by atoms with Crippen LogP contribution in [-0.2, 0) is 4.79 Å². The predicted octanol–water partition coefficient (Wildman–Crippen LogP) is 2.53. The lowest BCUT2D eigenvalue weighted by Gasteiger charge is -2.19. The first-order valence-corrected chi connectivity index (χ1v) is 13.0. The van der Waals surface area contributed by atoms with E-state index in [0.717, 1.165) is 25.9 Å². The molecule has 32 heavy (non-hydrogen) atoms. The second kappa shape index (κ2) is 20.1. The van der Waals surface area contributed by atoms with E-state index < -0.39 is 5.97 Å². The lowest BCUT2D eigenvalue weighted by molar-refractivity contribution is -0.524. The van der Waals surface area contributed by atoms with E-state index in [1.165, 1.54) is 70.6 Å². The Labute approximate surface area is 196 Å². The van der Waals surface area contributed by atoms with Crippen LogP contribution in [-0.4, -0.2) is 72.1 Å². The second-order valence-electron chi connectivity index (χ2n) is 9.04. The minimum atomic E-state index is -1.06. The third kappa shape index (κ3) is 17.0. The molecule has 0 fully saturated rings. The monoisotopic (exact) mass is 449 g/mol. The number of unbranched alkanes of at least 4 members (excludes halogenated alkanes) is 11.